The number of carboxylic acids is 1. The predicted molar refractivity (Wildman–Crippen MR) is 78.6 cm³/mol. The number of hydrogen-bond donors (Lipinski definition) is 1. The lowest BCUT2D eigenvalue weighted by atomic mass is 10.1. The third-order valence-corrected chi connectivity index (χ3v) is 3.84. The molecule has 0 aliphatic carbocycles. The smallest absolute Gasteiger partial charge is 0.481 e. The van der Waals surface area contributed by atoms with Gasteiger partial charge in [0.2, 0.25) is 0 Å². The monoisotopic (exact) mass is 332 g/mol. The number of halogens is 3. The lowest BCUT2D eigenvalue weighted by Crippen LogP contribution is -2.50. The number of aliphatic carboxylic acids is 1. The summed E-state index contributed by atoms with van der Waals surface area (Å²) in [6.07, 6.45) is -4.59. The van der Waals surface area contributed by atoms with Gasteiger partial charge in [-0.25, -0.2) is 0 Å². The van der Waals surface area contributed by atoms with Gasteiger partial charge in [0.15, 0.2) is 0 Å². The minimum atomic E-state index is -4.69. The van der Waals surface area contributed by atoms with Gasteiger partial charge in [-0.05, 0) is 31.2 Å². The van der Waals surface area contributed by atoms with Crippen molar-refractivity contribution in [2.24, 2.45) is 0 Å². The van der Waals surface area contributed by atoms with Crippen LogP contribution >= 0.6 is 0 Å². The zero-order chi connectivity index (χ0) is 17.0. The van der Waals surface area contributed by atoms with Crippen molar-refractivity contribution in [1.29, 1.82) is 0 Å². The molecule has 128 valence electrons. The molecule has 0 radical (unpaired) electrons. The van der Waals surface area contributed by atoms with Crippen LogP contribution < -0.4 is 9.64 Å². The van der Waals surface area contributed by atoms with Crippen molar-refractivity contribution in [1.82, 2.24) is 4.90 Å². The first-order chi connectivity index (χ1) is 10.7. The highest BCUT2D eigenvalue weighted by Crippen LogP contribution is 2.26. The fraction of sp³-hybridized carbons (Fsp3) is 0.533. The third-order valence-electron chi connectivity index (χ3n) is 3.84. The van der Waals surface area contributed by atoms with E-state index in [9.17, 15) is 18.0 Å². The average Bonchev–Trinajstić information content (AvgIpc) is 2.46. The Morgan fingerprint density at radius 1 is 1.22 bits per heavy atom. The lowest BCUT2D eigenvalue weighted by Gasteiger charge is -2.38. The van der Waals surface area contributed by atoms with Gasteiger partial charge in [0, 0.05) is 37.9 Å². The van der Waals surface area contributed by atoms with E-state index < -0.39 is 12.3 Å². The Bertz CT molecular complexity index is 526. The number of piperazine rings is 1. The van der Waals surface area contributed by atoms with Gasteiger partial charge in [-0.15, -0.1) is 13.2 Å². The predicted octanol–water partition coefficient (Wildman–Crippen LogP) is 2.57. The summed E-state index contributed by atoms with van der Waals surface area (Å²) in [6.45, 7) is 4.71. The number of nitrogens with zero attached hydrogens (tertiary/aromatic N) is 2. The Morgan fingerprint density at radius 3 is 2.26 bits per heavy atom. The maximum absolute atomic E-state index is 12.1. The van der Waals surface area contributed by atoms with Crippen molar-refractivity contribution in [3.8, 4) is 5.75 Å². The lowest BCUT2D eigenvalue weighted by molar-refractivity contribution is -0.274. The van der Waals surface area contributed by atoms with Crippen LogP contribution in [0.2, 0.25) is 0 Å². The summed E-state index contributed by atoms with van der Waals surface area (Å²) in [4.78, 5) is 14.9. The fourth-order valence-electron chi connectivity index (χ4n) is 2.66. The van der Waals surface area contributed by atoms with Gasteiger partial charge in [-0.1, -0.05) is 0 Å². The molecule has 1 aromatic carbocycles. The average molecular weight is 332 g/mol. The zero-order valence-corrected chi connectivity index (χ0v) is 12.7. The molecule has 1 saturated heterocycles. The summed E-state index contributed by atoms with van der Waals surface area (Å²) >= 11 is 0. The largest absolute Gasteiger partial charge is 0.573 e. The SMILES string of the molecule is CC(CC(=O)O)N1CCN(c2ccc(OC(F)(F)F)cc2)CC1. The van der Waals surface area contributed by atoms with Crippen LogP contribution in [0.5, 0.6) is 5.75 Å². The van der Waals surface area contributed by atoms with Crippen LogP contribution in [0.4, 0.5) is 18.9 Å². The standard InChI is InChI=1S/C15H19F3N2O3/c1-11(10-14(21)22)19-6-8-20(9-7-19)12-2-4-13(5-3-12)23-15(16,17)18/h2-5,11H,6-10H2,1H3,(H,21,22). The van der Waals surface area contributed by atoms with E-state index in [1.807, 2.05) is 6.92 Å². The molecule has 1 unspecified atom stereocenters. The maximum atomic E-state index is 12.1. The number of alkyl halides is 3. The van der Waals surface area contributed by atoms with Crippen LogP contribution in [0.25, 0.3) is 0 Å². The summed E-state index contributed by atoms with van der Waals surface area (Å²) in [7, 11) is 0. The first kappa shape index (κ1) is 17.4. The molecular weight excluding hydrogens is 313 g/mol. The third kappa shape index (κ3) is 5.31. The Hall–Kier alpha value is -1.96. The molecule has 0 amide bonds. The van der Waals surface area contributed by atoms with Crippen molar-refractivity contribution >= 4 is 11.7 Å². The molecule has 1 fully saturated rings. The topological polar surface area (TPSA) is 53.0 Å². The molecule has 1 atom stereocenters. The van der Waals surface area contributed by atoms with Crippen molar-refractivity contribution in [2.45, 2.75) is 25.7 Å². The van der Waals surface area contributed by atoms with Gasteiger partial charge in [-0.3, -0.25) is 9.69 Å². The summed E-state index contributed by atoms with van der Waals surface area (Å²) in [5.74, 6) is -1.06. The van der Waals surface area contributed by atoms with Crippen molar-refractivity contribution in [3.63, 3.8) is 0 Å². The molecule has 23 heavy (non-hydrogen) atoms. The van der Waals surface area contributed by atoms with E-state index in [2.05, 4.69) is 14.5 Å². The van der Waals surface area contributed by atoms with E-state index in [-0.39, 0.29) is 18.2 Å². The van der Waals surface area contributed by atoms with Crippen LogP contribution in [-0.2, 0) is 4.79 Å². The molecule has 1 aliphatic rings. The molecule has 0 bridgehead atoms. The Kier molecular flexibility index (Phi) is 5.35. The normalized spacial score (nSPS) is 17.8. The molecule has 2 rings (SSSR count). The molecule has 1 heterocycles. The molecule has 0 aromatic heterocycles. The number of anilines is 1. The molecule has 1 aromatic rings. The number of benzene rings is 1. The number of rotatable bonds is 5. The zero-order valence-electron chi connectivity index (χ0n) is 12.7. The van der Waals surface area contributed by atoms with Gasteiger partial charge < -0.3 is 14.7 Å². The van der Waals surface area contributed by atoms with E-state index in [1.54, 1.807) is 12.1 Å². The maximum Gasteiger partial charge on any atom is 0.573 e. The number of ether oxygens (including phenoxy) is 1. The molecule has 8 heteroatoms. The summed E-state index contributed by atoms with van der Waals surface area (Å²) in [6, 6.07) is 5.75. The first-order valence-electron chi connectivity index (χ1n) is 7.31. The molecular formula is C15H19F3N2O3. The highest BCUT2D eigenvalue weighted by Gasteiger charge is 2.31. The van der Waals surface area contributed by atoms with E-state index in [0.717, 1.165) is 18.8 Å². The van der Waals surface area contributed by atoms with Crippen LogP contribution in [-0.4, -0.2) is 54.6 Å². The van der Waals surface area contributed by atoms with Gasteiger partial charge >= 0.3 is 12.3 Å². The number of carboxylic acid groups (broad SMARTS) is 1. The second-order valence-electron chi connectivity index (χ2n) is 5.51. The molecule has 1 aliphatic heterocycles. The van der Waals surface area contributed by atoms with Crippen LogP contribution in [0, 0.1) is 0 Å². The number of carbonyl (C=O) groups is 1. The number of hydrogen-bond acceptors (Lipinski definition) is 4. The second kappa shape index (κ2) is 7.08. The Morgan fingerprint density at radius 2 is 1.78 bits per heavy atom. The van der Waals surface area contributed by atoms with Gasteiger partial charge in [0.1, 0.15) is 5.75 Å². The van der Waals surface area contributed by atoms with Crippen molar-refractivity contribution in [2.75, 3.05) is 31.1 Å². The van der Waals surface area contributed by atoms with Gasteiger partial charge in [0.25, 0.3) is 0 Å². The quantitative estimate of drug-likeness (QED) is 0.898. The van der Waals surface area contributed by atoms with Crippen LogP contribution in [0.3, 0.4) is 0 Å². The van der Waals surface area contributed by atoms with Crippen molar-refractivity contribution < 1.29 is 27.8 Å². The van der Waals surface area contributed by atoms with Crippen molar-refractivity contribution in [3.05, 3.63) is 24.3 Å². The van der Waals surface area contributed by atoms with E-state index >= 15 is 0 Å². The summed E-state index contributed by atoms with van der Waals surface area (Å²) in [5.41, 5.74) is 0.824. The Balaban J connectivity index is 1.89. The van der Waals surface area contributed by atoms with E-state index in [4.69, 9.17) is 5.11 Å². The van der Waals surface area contributed by atoms with Gasteiger partial charge in [-0.2, -0.15) is 0 Å². The molecule has 0 saturated carbocycles. The highest BCUT2D eigenvalue weighted by molar-refractivity contribution is 5.67. The summed E-state index contributed by atoms with van der Waals surface area (Å²) in [5, 5.41) is 8.82. The molecule has 1 N–H and O–H groups in total. The minimum Gasteiger partial charge on any atom is -0.481 e. The fourth-order valence-corrected chi connectivity index (χ4v) is 2.66. The first-order valence-corrected chi connectivity index (χ1v) is 7.31. The van der Waals surface area contributed by atoms with Crippen LogP contribution in [0.15, 0.2) is 24.3 Å². The van der Waals surface area contributed by atoms with E-state index in [0.29, 0.717) is 13.1 Å². The second-order valence-corrected chi connectivity index (χ2v) is 5.51. The minimum absolute atomic E-state index is 0.0304. The van der Waals surface area contributed by atoms with Crippen LogP contribution in [0.1, 0.15) is 13.3 Å². The van der Waals surface area contributed by atoms with E-state index in [1.165, 1.54) is 12.1 Å². The van der Waals surface area contributed by atoms with Gasteiger partial charge in [0.05, 0.1) is 6.42 Å². The Labute approximate surface area is 132 Å². The summed E-state index contributed by atoms with van der Waals surface area (Å²) < 4.78 is 40.2. The molecule has 0 spiro atoms. The highest BCUT2D eigenvalue weighted by atomic mass is 19.4. The molecule has 5 nitrogen and oxygen atoms in total.